The quantitative estimate of drug-likeness (QED) is 0.393. The number of ether oxygens (including phenoxy) is 1. The van der Waals surface area contributed by atoms with Crippen LogP contribution in [0.2, 0.25) is 0 Å². The van der Waals surface area contributed by atoms with Crippen molar-refractivity contribution in [3.8, 4) is 17.6 Å². The number of sulfone groups is 1. The van der Waals surface area contributed by atoms with Gasteiger partial charge in [-0.15, -0.1) is 0 Å². The SMILES string of the molecule is COc1ccc(S(C)(=O)=O)cc1NCC#Cc1cc(C(=O)N[C@@H]2CCCN(C)C[C@@H]2C)c2ncn(CC(F)(F)F)c2c1. The Morgan fingerprint density at radius 3 is 2.69 bits per heavy atom. The van der Waals surface area contributed by atoms with E-state index in [1.165, 1.54) is 37.4 Å². The van der Waals surface area contributed by atoms with E-state index < -0.39 is 28.5 Å². The number of carbonyl (C=O) groups excluding carboxylic acids is 1. The van der Waals surface area contributed by atoms with Crippen molar-refractivity contribution >= 4 is 32.5 Å². The first-order chi connectivity index (χ1) is 19.7. The first-order valence-corrected chi connectivity index (χ1v) is 15.3. The Labute approximate surface area is 243 Å². The minimum absolute atomic E-state index is 0.0675. The number of halogens is 3. The third kappa shape index (κ3) is 7.74. The minimum atomic E-state index is -4.48. The molecule has 0 radical (unpaired) electrons. The summed E-state index contributed by atoms with van der Waals surface area (Å²) in [5, 5.41) is 6.10. The van der Waals surface area contributed by atoms with Crippen LogP contribution in [0, 0.1) is 17.8 Å². The van der Waals surface area contributed by atoms with Gasteiger partial charge in [-0.25, -0.2) is 13.4 Å². The highest BCUT2D eigenvalue weighted by Crippen LogP contribution is 2.28. The second-order valence-corrected chi connectivity index (χ2v) is 12.6. The standard InChI is InChI=1S/C29H34F3N5O4S/c1-19-16-36(2)12-6-8-23(19)35-28(38)22-13-20(14-25-27(22)34-18-37(25)17-29(30,31)32)7-5-11-33-24-15-21(42(4,39)40)9-10-26(24)41-3/h9-10,13-15,18-19,23,33H,6,8,11-12,16-17H2,1-4H3,(H,35,38)/t19-,23+/m0/s1. The molecule has 1 saturated heterocycles. The Bertz CT molecular complexity index is 1630. The number of hydrogen-bond acceptors (Lipinski definition) is 7. The molecule has 2 heterocycles. The molecule has 0 bridgehead atoms. The van der Waals surface area contributed by atoms with Gasteiger partial charge in [-0.05, 0) is 62.7 Å². The van der Waals surface area contributed by atoms with Gasteiger partial charge in [0.25, 0.3) is 5.91 Å². The molecule has 1 aromatic heterocycles. The van der Waals surface area contributed by atoms with Crippen LogP contribution in [0.1, 0.15) is 35.7 Å². The Morgan fingerprint density at radius 1 is 1.24 bits per heavy atom. The molecule has 0 aliphatic carbocycles. The van der Waals surface area contributed by atoms with E-state index in [1.807, 2.05) is 7.05 Å². The lowest BCUT2D eigenvalue weighted by Crippen LogP contribution is -2.41. The van der Waals surface area contributed by atoms with E-state index in [9.17, 15) is 26.4 Å². The molecule has 0 spiro atoms. The van der Waals surface area contributed by atoms with Crippen LogP contribution in [0.4, 0.5) is 18.9 Å². The molecule has 3 aromatic rings. The van der Waals surface area contributed by atoms with E-state index in [4.69, 9.17) is 4.74 Å². The molecule has 1 amide bonds. The largest absolute Gasteiger partial charge is 0.495 e. The van der Waals surface area contributed by atoms with Gasteiger partial charge in [0, 0.05) is 24.4 Å². The summed E-state index contributed by atoms with van der Waals surface area (Å²) in [5.74, 6) is 6.00. The smallest absolute Gasteiger partial charge is 0.406 e. The topological polar surface area (TPSA) is 106 Å². The summed E-state index contributed by atoms with van der Waals surface area (Å²) >= 11 is 0. The number of carbonyl (C=O) groups is 1. The third-order valence-electron chi connectivity index (χ3n) is 7.18. The number of nitrogens with zero attached hydrogens (tertiary/aromatic N) is 3. The highest BCUT2D eigenvalue weighted by Gasteiger charge is 2.30. The van der Waals surface area contributed by atoms with Crippen molar-refractivity contribution in [1.82, 2.24) is 19.8 Å². The van der Waals surface area contributed by atoms with Crippen molar-refractivity contribution in [2.75, 3.05) is 45.4 Å². The molecule has 9 nitrogen and oxygen atoms in total. The highest BCUT2D eigenvalue weighted by atomic mass is 32.2. The van der Waals surface area contributed by atoms with Crippen LogP contribution >= 0.6 is 0 Å². The van der Waals surface area contributed by atoms with Gasteiger partial charge in [-0.3, -0.25) is 4.79 Å². The number of nitrogens with one attached hydrogen (secondary N) is 2. The average Bonchev–Trinajstić information content (AvgIpc) is 3.22. The summed E-state index contributed by atoms with van der Waals surface area (Å²) in [7, 11) is 0.0369. The number of hydrogen-bond donors (Lipinski definition) is 2. The molecule has 42 heavy (non-hydrogen) atoms. The lowest BCUT2D eigenvalue weighted by molar-refractivity contribution is -0.139. The lowest BCUT2D eigenvalue weighted by Gasteiger charge is -2.24. The highest BCUT2D eigenvalue weighted by molar-refractivity contribution is 7.90. The molecule has 226 valence electrons. The van der Waals surface area contributed by atoms with E-state index in [1.54, 1.807) is 0 Å². The molecular formula is C29H34F3N5O4S. The van der Waals surface area contributed by atoms with Crippen molar-refractivity contribution in [2.45, 2.75) is 43.4 Å². The average molecular weight is 606 g/mol. The number of methoxy groups -OCH3 is 1. The molecule has 1 aliphatic rings. The monoisotopic (exact) mass is 605 g/mol. The Hall–Kier alpha value is -3.76. The normalized spacial score (nSPS) is 18.2. The van der Waals surface area contributed by atoms with E-state index in [-0.39, 0.29) is 40.0 Å². The molecule has 1 aliphatic heterocycles. The van der Waals surface area contributed by atoms with Crippen molar-refractivity contribution in [2.24, 2.45) is 5.92 Å². The Balaban J connectivity index is 1.64. The fraction of sp³-hybridized carbons (Fsp3) is 0.448. The number of anilines is 1. The van der Waals surface area contributed by atoms with Crippen molar-refractivity contribution in [3.05, 3.63) is 47.8 Å². The van der Waals surface area contributed by atoms with Gasteiger partial charge >= 0.3 is 6.18 Å². The number of likely N-dealkylation sites (tertiary alicyclic amines) is 1. The number of amides is 1. The number of fused-ring (bicyclic) bond motifs is 1. The van der Waals surface area contributed by atoms with Crippen LogP contribution in [-0.4, -0.2) is 81.0 Å². The predicted molar refractivity (Wildman–Crippen MR) is 154 cm³/mol. The summed E-state index contributed by atoms with van der Waals surface area (Å²) in [6, 6.07) is 7.32. The van der Waals surface area contributed by atoms with Crippen molar-refractivity contribution < 1.29 is 31.1 Å². The van der Waals surface area contributed by atoms with Gasteiger partial charge in [-0.2, -0.15) is 13.2 Å². The fourth-order valence-electron chi connectivity index (χ4n) is 5.11. The summed E-state index contributed by atoms with van der Waals surface area (Å²) < 4.78 is 70.0. The zero-order valence-electron chi connectivity index (χ0n) is 23.9. The number of rotatable bonds is 7. The van der Waals surface area contributed by atoms with Gasteiger partial charge in [0.1, 0.15) is 17.8 Å². The molecule has 2 aromatic carbocycles. The minimum Gasteiger partial charge on any atom is -0.495 e. The van der Waals surface area contributed by atoms with Crippen LogP contribution in [0.25, 0.3) is 11.0 Å². The van der Waals surface area contributed by atoms with E-state index >= 15 is 0 Å². The number of aromatic nitrogens is 2. The summed E-state index contributed by atoms with van der Waals surface area (Å²) in [4.78, 5) is 20.0. The summed E-state index contributed by atoms with van der Waals surface area (Å²) in [5.41, 5.74) is 1.22. The molecule has 2 atom stereocenters. The fourth-order valence-corrected chi connectivity index (χ4v) is 5.75. The Morgan fingerprint density at radius 2 is 2.00 bits per heavy atom. The van der Waals surface area contributed by atoms with Gasteiger partial charge in [0.15, 0.2) is 9.84 Å². The second kappa shape index (κ2) is 12.6. The van der Waals surface area contributed by atoms with E-state index in [0.717, 1.165) is 43.1 Å². The zero-order valence-corrected chi connectivity index (χ0v) is 24.7. The molecule has 2 N–H and O–H groups in total. The molecule has 0 saturated carbocycles. The maximum Gasteiger partial charge on any atom is 0.406 e. The maximum absolute atomic E-state index is 13.5. The first kappa shape index (κ1) is 31.2. The summed E-state index contributed by atoms with van der Waals surface area (Å²) in [6.07, 6.45) is -0.600. The third-order valence-corrected chi connectivity index (χ3v) is 8.29. The predicted octanol–water partition coefficient (Wildman–Crippen LogP) is 3.93. The molecular weight excluding hydrogens is 571 g/mol. The molecule has 1 fully saturated rings. The maximum atomic E-state index is 13.5. The number of benzene rings is 2. The lowest BCUT2D eigenvalue weighted by atomic mass is 9.98. The molecule has 0 unspecified atom stereocenters. The number of imidazole rings is 1. The molecule has 4 rings (SSSR count). The van der Waals surface area contributed by atoms with Gasteiger partial charge in [0.2, 0.25) is 0 Å². The van der Waals surface area contributed by atoms with Gasteiger partial charge < -0.3 is 24.8 Å². The van der Waals surface area contributed by atoms with Gasteiger partial charge in [-0.1, -0.05) is 18.8 Å². The van der Waals surface area contributed by atoms with E-state index in [2.05, 4.69) is 39.3 Å². The van der Waals surface area contributed by atoms with Crippen molar-refractivity contribution in [1.29, 1.82) is 0 Å². The van der Waals surface area contributed by atoms with Crippen LogP contribution in [0.3, 0.4) is 0 Å². The van der Waals surface area contributed by atoms with Crippen LogP contribution in [0.5, 0.6) is 5.75 Å². The second-order valence-electron chi connectivity index (χ2n) is 10.6. The summed E-state index contributed by atoms with van der Waals surface area (Å²) in [6.45, 7) is 2.61. The van der Waals surface area contributed by atoms with Crippen LogP contribution < -0.4 is 15.4 Å². The van der Waals surface area contributed by atoms with E-state index in [0.29, 0.717) is 17.0 Å². The van der Waals surface area contributed by atoms with Crippen molar-refractivity contribution in [3.63, 3.8) is 0 Å². The Kier molecular flexibility index (Phi) is 9.37. The number of alkyl halides is 3. The first-order valence-electron chi connectivity index (χ1n) is 13.4. The van der Waals surface area contributed by atoms with Crippen LogP contribution in [0.15, 0.2) is 41.6 Å². The zero-order chi connectivity index (χ0) is 30.7. The van der Waals surface area contributed by atoms with Gasteiger partial charge in [0.05, 0.1) is 41.6 Å². The van der Waals surface area contributed by atoms with Crippen LogP contribution in [-0.2, 0) is 16.4 Å². The molecule has 13 heteroatoms.